The van der Waals surface area contributed by atoms with Gasteiger partial charge in [-0.2, -0.15) is 0 Å². The topological polar surface area (TPSA) is 9.86 Å². The van der Waals surface area contributed by atoms with E-state index in [0.717, 1.165) is 12.1 Å². The van der Waals surface area contributed by atoms with Crippen LogP contribution in [0.25, 0.3) is 88.3 Å². The molecule has 0 radical (unpaired) electrons. The van der Waals surface area contributed by atoms with Crippen LogP contribution in [0.2, 0.25) is 0 Å². The van der Waals surface area contributed by atoms with Gasteiger partial charge in [-0.1, -0.05) is 164 Å². The first kappa shape index (κ1) is 32.3. The highest BCUT2D eigenvalue weighted by Crippen LogP contribution is 2.39. The predicted octanol–water partition coefficient (Wildman–Crippen LogP) is 14.5. The van der Waals surface area contributed by atoms with Crippen LogP contribution in [0.3, 0.4) is 0 Å². The Balaban J connectivity index is 0.917. The van der Waals surface area contributed by atoms with Crippen molar-refractivity contribution in [3.63, 3.8) is 0 Å². The standard InChI is InChI=1S/C54H38N2/c1-3-11-37(12-4-1)39-23-29-45(30-24-39)55-51-17-9-7-15-47(51)49-35-43(27-33-53(49)55)41-19-21-42(22-20-41)44-28-34-54-50(36-44)48-16-8-10-18-52(48)56(54)46-31-25-40(26-32-46)38-13-5-2-6-14-38/h1-31,33-36,46H,32H2. The summed E-state index contributed by atoms with van der Waals surface area (Å²) in [5.41, 5.74) is 16.0. The summed E-state index contributed by atoms with van der Waals surface area (Å²) in [5, 5.41) is 5.12. The lowest BCUT2D eigenvalue weighted by Crippen LogP contribution is -2.07. The Morgan fingerprint density at radius 1 is 0.357 bits per heavy atom. The summed E-state index contributed by atoms with van der Waals surface area (Å²) in [7, 11) is 0. The van der Waals surface area contributed by atoms with E-state index in [4.69, 9.17) is 0 Å². The minimum absolute atomic E-state index is 0.265. The van der Waals surface area contributed by atoms with Gasteiger partial charge in [-0.3, -0.25) is 0 Å². The largest absolute Gasteiger partial charge is 0.333 e. The van der Waals surface area contributed by atoms with Crippen molar-refractivity contribution in [1.29, 1.82) is 0 Å². The van der Waals surface area contributed by atoms with Crippen LogP contribution in [-0.4, -0.2) is 9.13 Å². The average molecular weight is 715 g/mol. The highest BCUT2D eigenvalue weighted by Gasteiger charge is 2.19. The molecule has 0 bridgehead atoms. The lowest BCUT2D eigenvalue weighted by atomic mass is 9.97. The first-order valence-electron chi connectivity index (χ1n) is 19.5. The molecule has 2 nitrogen and oxygen atoms in total. The van der Waals surface area contributed by atoms with E-state index in [-0.39, 0.29) is 6.04 Å². The number of hydrogen-bond acceptors (Lipinski definition) is 0. The molecule has 0 saturated carbocycles. The first-order chi connectivity index (χ1) is 27.8. The lowest BCUT2D eigenvalue weighted by molar-refractivity contribution is 0.649. The van der Waals surface area contributed by atoms with Gasteiger partial charge < -0.3 is 9.13 Å². The van der Waals surface area contributed by atoms with Crippen molar-refractivity contribution in [1.82, 2.24) is 9.13 Å². The Kier molecular flexibility index (Phi) is 7.67. The molecule has 0 aliphatic heterocycles. The van der Waals surface area contributed by atoms with E-state index in [1.807, 2.05) is 0 Å². The fraction of sp³-hybridized carbons (Fsp3) is 0.0370. The number of rotatable bonds is 6. The number of hydrogen-bond donors (Lipinski definition) is 0. The highest BCUT2D eigenvalue weighted by molar-refractivity contribution is 6.11. The Morgan fingerprint density at radius 3 is 1.45 bits per heavy atom. The van der Waals surface area contributed by atoms with Crippen molar-refractivity contribution in [2.75, 3.05) is 0 Å². The minimum atomic E-state index is 0.265. The fourth-order valence-corrected chi connectivity index (χ4v) is 8.90. The lowest BCUT2D eigenvalue weighted by Gasteiger charge is -2.21. The molecule has 1 atom stereocenters. The van der Waals surface area contributed by atoms with Crippen LogP contribution in [0.4, 0.5) is 0 Å². The molecule has 2 heterocycles. The van der Waals surface area contributed by atoms with E-state index in [0.29, 0.717) is 0 Å². The fourth-order valence-electron chi connectivity index (χ4n) is 8.90. The number of aromatic nitrogens is 2. The quantitative estimate of drug-likeness (QED) is 0.162. The smallest absolute Gasteiger partial charge is 0.0560 e. The highest BCUT2D eigenvalue weighted by atomic mass is 15.0. The van der Waals surface area contributed by atoms with Crippen LogP contribution in [0, 0.1) is 0 Å². The van der Waals surface area contributed by atoms with E-state index in [2.05, 4.69) is 221 Å². The number of para-hydroxylation sites is 2. The Morgan fingerprint density at radius 2 is 0.804 bits per heavy atom. The van der Waals surface area contributed by atoms with E-state index < -0.39 is 0 Å². The van der Waals surface area contributed by atoms with Gasteiger partial charge in [-0.05, 0) is 99.5 Å². The zero-order valence-corrected chi connectivity index (χ0v) is 30.9. The molecule has 56 heavy (non-hydrogen) atoms. The molecule has 1 aliphatic rings. The van der Waals surface area contributed by atoms with Gasteiger partial charge in [0.2, 0.25) is 0 Å². The second-order valence-corrected chi connectivity index (χ2v) is 14.9. The summed E-state index contributed by atoms with van der Waals surface area (Å²) in [5.74, 6) is 0. The molecule has 264 valence electrons. The van der Waals surface area contributed by atoms with Crippen molar-refractivity contribution in [3.8, 4) is 39.1 Å². The van der Waals surface area contributed by atoms with Crippen molar-refractivity contribution in [2.24, 2.45) is 0 Å². The number of nitrogens with zero attached hydrogens (tertiary/aromatic N) is 2. The molecule has 0 spiro atoms. The van der Waals surface area contributed by atoms with E-state index in [9.17, 15) is 0 Å². The van der Waals surface area contributed by atoms with Gasteiger partial charge in [0.05, 0.1) is 17.1 Å². The van der Waals surface area contributed by atoms with Gasteiger partial charge in [-0.15, -0.1) is 0 Å². The molecule has 11 rings (SSSR count). The number of fused-ring (bicyclic) bond motifs is 6. The third kappa shape index (κ3) is 5.41. The zero-order valence-electron chi connectivity index (χ0n) is 30.9. The molecule has 0 N–H and O–H groups in total. The van der Waals surface area contributed by atoms with Crippen LogP contribution in [0.5, 0.6) is 0 Å². The van der Waals surface area contributed by atoms with Gasteiger partial charge in [0.25, 0.3) is 0 Å². The van der Waals surface area contributed by atoms with Gasteiger partial charge in [0, 0.05) is 38.3 Å². The summed E-state index contributed by atoms with van der Waals surface area (Å²) in [6.07, 6.45) is 8.02. The van der Waals surface area contributed by atoms with Gasteiger partial charge >= 0.3 is 0 Å². The van der Waals surface area contributed by atoms with Crippen molar-refractivity contribution < 1.29 is 0 Å². The van der Waals surface area contributed by atoms with E-state index >= 15 is 0 Å². The number of allylic oxidation sites excluding steroid dienone is 4. The molecule has 0 saturated heterocycles. The molecular weight excluding hydrogens is 677 g/mol. The molecule has 1 aliphatic carbocycles. The monoisotopic (exact) mass is 714 g/mol. The molecule has 1 unspecified atom stereocenters. The average Bonchev–Trinajstić information content (AvgIpc) is 3.79. The van der Waals surface area contributed by atoms with Crippen LogP contribution in [0.15, 0.2) is 212 Å². The second-order valence-electron chi connectivity index (χ2n) is 14.9. The van der Waals surface area contributed by atoms with Crippen LogP contribution < -0.4 is 0 Å². The normalized spacial score (nSPS) is 14.2. The molecule has 10 aromatic rings. The molecule has 8 aromatic carbocycles. The molecule has 0 amide bonds. The summed E-state index contributed by atoms with van der Waals surface area (Å²) in [6, 6.07) is 71.1. The maximum Gasteiger partial charge on any atom is 0.0560 e. The molecule has 2 heteroatoms. The molecule has 0 fully saturated rings. The molecular formula is C54H38N2. The Labute approximate surface area is 326 Å². The summed E-state index contributed by atoms with van der Waals surface area (Å²) in [6.45, 7) is 0. The second kappa shape index (κ2) is 13.3. The summed E-state index contributed by atoms with van der Waals surface area (Å²) < 4.78 is 4.92. The van der Waals surface area contributed by atoms with Crippen molar-refractivity contribution in [3.05, 3.63) is 218 Å². The maximum absolute atomic E-state index is 2.53. The van der Waals surface area contributed by atoms with Gasteiger partial charge in [0.15, 0.2) is 0 Å². The summed E-state index contributed by atoms with van der Waals surface area (Å²) >= 11 is 0. The SMILES string of the molecule is C1=CC(n2c3ccccc3c3cc(-c4ccc(-c5ccc6c(c5)c5ccccc5n6-c5ccc(-c6ccccc6)cc5)cc4)ccc32)CC=C1c1ccccc1. The van der Waals surface area contributed by atoms with Crippen LogP contribution >= 0.6 is 0 Å². The van der Waals surface area contributed by atoms with Gasteiger partial charge in [-0.25, -0.2) is 0 Å². The first-order valence-corrected chi connectivity index (χ1v) is 19.5. The summed E-state index contributed by atoms with van der Waals surface area (Å²) in [4.78, 5) is 0. The van der Waals surface area contributed by atoms with E-state index in [1.54, 1.807) is 0 Å². The zero-order chi connectivity index (χ0) is 37.0. The Bertz CT molecular complexity index is 3120. The third-order valence-electron chi connectivity index (χ3n) is 11.7. The molecule has 2 aromatic heterocycles. The minimum Gasteiger partial charge on any atom is -0.333 e. The third-order valence-corrected chi connectivity index (χ3v) is 11.7. The van der Waals surface area contributed by atoms with Crippen LogP contribution in [0.1, 0.15) is 18.0 Å². The van der Waals surface area contributed by atoms with Crippen molar-refractivity contribution in [2.45, 2.75) is 12.5 Å². The maximum atomic E-state index is 2.53. The van der Waals surface area contributed by atoms with Crippen molar-refractivity contribution >= 4 is 49.2 Å². The predicted molar refractivity (Wildman–Crippen MR) is 237 cm³/mol. The number of benzene rings is 8. The van der Waals surface area contributed by atoms with E-state index in [1.165, 1.54) is 88.1 Å². The van der Waals surface area contributed by atoms with Crippen LogP contribution in [-0.2, 0) is 0 Å². The Hall–Kier alpha value is -7.16. The van der Waals surface area contributed by atoms with Gasteiger partial charge in [0.1, 0.15) is 0 Å².